The number of nitrogens with zero attached hydrogens (tertiary/aromatic N) is 3. The molecule has 15 heavy (non-hydrogen) atoms. The zero-order chi connectivity index (χ0) is 10.4. The molecule has 0 atom stereocenters. The Bertz CT molecular complexity index is 369. The Morgan fingerprint density at radius 1 is 1.33 bits per heavy atom. The standard InChI is InChI=1S/C10H14ClN3O/c1-15-8-4-7(5-8)14-9(6-2-3-6)12-13-10(14)11/h6-8H,2-5H2,1H3. The maximum Gasteiger partial charge on any atom is 0.225 e. The van der Waals surface area contributed by atoms with Gasteiger partial charge in [0.25, 0.3) is 0 Å². The summed E-state index contributed by atoms with van der Waals surface area (Å²) >= 11 is 6.06. The van der Waals surface area contributed by atoms with Crippen molar-refractivity contribution in [1.29, 1.82) is 0 Å². The van der Waals surface area contributed by atoms with Crippen LogP contribution in [0.25, 0.3) is 0 Å². The monoisotopic (exact) mass is 227 g/mol. The van der Waals surface area contributed by atoms with E-state index in [2.05, 4.69) is 14.8 Å². The van der Waals surface area contributed by atoms with Crippen LogP contribution in [0.5, 0.6) is 0 Å². The van der Waals surface area contributed by atoms with Crippen LogP contribution in [0.15, 0.2) is 0 Å². The third-order valence-electron chi connectivity index (χ3n) is 3.39. The van der Waals surface area contributed by atoms with E-state index in [1.165, 1.54) is 12.8 Å². The summed E-state index contributed by atoms with van der Waals surface area (Å²) in [4.78, 5) is 0. The minimum Gasteiger partial charge on any atom is -0.381 e. The molecular formula is C10H14ClN3O. The van der Waals surface area contributed by atoms with Gasteiger partial charge in [-0.25, -0.2) is 0 Å². The highest BCUT2D eigenvalue weighted by Gasteiger charge is 2.37. The second-order valence-corrected chi connectivity index (χ2v) is 4.79. The molecule has 2 aliphatic rings. The van der Waals surface area contributed by atoms with E-state index >= 15 is 0 Å². The van der Waals surface area contributed by atoms with Gasteiger partial charge < -0.3 is 4.74 Å². The minimum absolute atomic E-state index is 0.389. The Morgan fingerprint density at radius 2 is 2.07 bits per heavy atom. The fourth-order valence-electron chi connectivity index (χ4n) is 2.18. The number of halogens is 1. The van der Waals surface area contributed by atoms with Crippen LogP contribution >= 0.6 is 11.6 Å². The van der Waals surface area contributed by atoms with Crippen LogP contribution in [0, 0.1) is 0 Å². The Labute approximate surface area is 93.6 Å². The Balaban J connectivity index is 1.81. The minimum atomic E-state index is 0.389. The van der Waals surface area contributed by atoms with Crippen molar-refractivity contribution in [2.75, 3.05) is 7.11 Å². The summed E-state index contributed by atoms with van der Waals surface area (Å²) < 4.78 is 7.38. The van der Waals surface area contributed by atoms with E-state index in [9.17, 15) is 0 Å². The molecule has 0 N–H and O–H groups in total. The molecule has 4 nitrogen and oxygen atoms in total. The Kier molecular flexibility index (Phi) is 2.21. The summed E-state index contributed by atoms with van der Waals surface area (Å²) in [6.07, 6.45) is 4.92. The van der Waals surface area contributed by atoms with Crippen molar-refractivity contribution in [3.63, 3.8) is 0 Å². The molecule has 0 radical (unpaired) electrons. The molecule has 0 aromatic carbocycles. The average Bonchev–Trinajstić information content (AvgIpc) is 2.92. The first-order valence-electron chi connectivity index (χ1n) is 5.42. The van der Waals surface area contributed by atoms with Gasteiger partial charge in [-0.1, -0.05) is 0 Å². The summed E-state index contributed by atoms with van der Waals surface area (Å²) in [6, 6.07) is 0.452. The quantitative estimate of drug-likeness (QED) is 0.795. The molecule has 1 heterocycles. The highest BCUT2D eigenvalue weighted by molar-refractivity contribution is 6.28. The van der Waals surface area contributed by atoms with E-state index in [0.717, 1.165) is 18.7 Å². The van der Waals surface area contributed by atoms with E-state index in [4.69, 9.17) is 16.3 Å². The molecule has 3 rings (SSSR count). The summed E-state index contributed by atoms with van der Waals surface area (Å²) in [7, 11) is 1.76. The van der Waals surface area contributed by atoms with Gasteiger partial charge in [0.15, 0.2) is 0 Å². The second-order valence-electron chi connectivity index (χ2n) is 4.45. The molecule has 0 saturated heterocycles. The van der Waals surface area contributed by atoms with Gasteiger partial charge in [0.05, 0.1) is 6.10 Å². The number of hydrogen-bond donors (Lipinski definition) is 0. The number of hydrogen-bond acceptors (Lipinski definition) is 3. The smallest absolute Gasteiger partial charge is 0.225 e. The van der Waals surface area contributed by atoms with Gasteiger partial charge >= 0.3 is 0 Å². The van der Waals surface area contributed by atoms with Crippen LogP contribution in [0.3, 0.4) is 0 Å². The third-order valence-corrected chi connectivity index (χ3v) is 3.65. The molecule has 0 amide bonds. The topological polar surface area (TPSA) is 39.9 Å². The summed E-state index contributed by atoms with van der Waals surface area (Å²) in [5.74, 6) is 1.69. The summed E-state index contributed by atoms with van der Waals surface area (Å²) in [6.45, 7) is 0. The highest BCUT2D eigenvalue weighted by Crippen LogP contribution is 2.44. The fourth-order valence-corrected chi connectivity index (χ4v) is 2.44. The average molecular weight is 228 g/mol. The predicted molar refractivity (Wildman–Crippen MR) is 56.1 cm³/mol. The number of rotatable bonds is 3. The normalized spacial score (nSPS) is 30.3. The van der Waals surface area contributed by atoms with Crippen molar-refractivity contribution in [3.8, 4) is 0 Å². The number of aromatic nitrogens is 3. The lowest BCUT2D eigenvalue weighted by Crippen LogP contribution is -2.33. The molecule has 1 aromatic rings. The van der Waals surface area contributed by atoms with Crippen molar-refractivity contribution >= 4 is 11.6 Å². The number of methoxy groups -OCH3 is 1. The van der Waals surface area contributed by atoms with E-state index in [0.29, 0.717) is 23.3 Å². The molecule has 2 aliphatic carbocycles. The fraction of sp³-hybridized carbons (Fsp3) is 0.800. The predicted octanol–water partition coefficient (Wildman–Crippen LogP) is 2.16. The van der Waals surface area contributed by atoms with Crippen LogP contribution in [0.4, 0.5) is 0 Å². The van der Waals surface area contributed by atoms with Crippen molar-refractivity contribution in [1.82, 2.24) is 14.8 Å². The van der Waals surface area contributed by atoms with Gasteiger partial charge in [0.2, 0.25) is 5.28 Å². The van der Waals surface area contributed by atoms with Crippen molar-refractivity contribution in [2.24, 2.45) is 0 Å². The van der Waals surface area contributed by atoms with Crippen LogP contribution in [-0.2, 0) is 4.74 Å². The maximum absolute atomic E-state index is 6.06. The van der Waals surface area contributed by atoms with E-state index < -0.39 is 0 Å². The first-order chi connectivity index (χ1) is 7.29. The first-order valence-corrected chi connectivity index (χ1v) is 5.80. The number of ether oxygens (including phenoxy) is 1. The molecular weight excluding hydrogens is 214 g/mol. The first kappa shape index (κ1) is 9.60. The molecule has 1 aromatic heterocycles. The van der Waals surface area contributed by atoms with Crippen molar-refractivity contribution in [3.05, 3.63) is 11.1 Å². The van der Waals surface area contributed by atoms with E-state index in [-0.39, 0.29) is 0 Å². The Morgan fingerprint density at radius 3 is 2.67 bits per heavy atom. The van der Waals surface area contributed by atoms with E-state index in [1.807, 2.05) is 0 Å². The van der Waals surface area contributed by atoms with Crippen LogP contribution in [0.1, 0.15) is 43.5 Å². The molecule has 82 valence electrons. The van der Waals surface area contributed by atoms with Gasteiger partial charge in [0, 0.05) is 19.1 Å². The summed E-state index contributed by atoms with van der Waals surface area (Å²) in [5.41, 5.74) is 0. The van der Waals surface area contributed by atoms with Gasteiger partial charge in [-0.3, -0.25) is 4.57 Å². The largest absolute Gasteiger partial charge is 0.381 e. The third kappa shape index (κ3) is 1.56. The van der Waals surface area contributed by atoms with Gasteiger partial charge in [-0.05, 0) is 37.3 Å². The zero-order valence-electron chi connectivity index (χ0n) is 8.69. The second kappa shape index (κ2) is 3.46. The molecule has 0 unspecified atom stereocenters. The van der Waals surface area contributed by atoms with Crippen molar-refractivity contribution in [2.45, 2.75) is 43.7 Å². The van der Waals surface area contributed by atoms with Crippen LogP contribution in [0.2, 0.25) is 5.28 Å². The molecule has 0 spiro atoms. The zero-order valence-corrected chi connectivity index (χ0v) is 9.44. The molecule has 0 aliphatic heterocycles. The molecule has 2 saturated carbocycles. The van der Waals surface area contributed by atoms with Gasteiger partial charge in [-0.15, -0.1) is 10.2 Å². The SMILES string of the molecule is COC1CC(n2c(Cl)nnc2C2CC2)C1. The van der Waals surface area contributed by atoms with Crippen LogP contribution < -0.4 is 0 Å². The van der Waals surface area contributed by atoms with E-state index in [1.54, 1.807) is 7.11 Å². The van der Waals surface area contributed by atoms with Crippen molar-refractivity contribution < 1.29 is 4.74 Å². The lowest BCUT2D eigenvalue weighted by molar-refractivity contribution is 0.00537. The Hall–Kier alpha value is -0.610. The summed E-state index contributed by atoms with van der Waals surface area (Å²) in [5, 5.41) is 8.68. The molecule has 0 bridgehead atoms. The van der Waals surface area contributed by atoms with Gasteiger partial charge in [-0.2, -0.15) is 0 Å². The van der Waals surface area contributed by atoms with Crippen LogP contribution in [-0.4, -0.2) is 28.0 Å². The lowest BCUT2D eigenvalue weighted by Gasteiger charge is -2.35. The highest BCUT2D eigenvalue weighted by atomic mass is 35.5. The van der Waals surface area contributed by atoms with Gasteiger partial charge in [0.1, 0.15) is 5.82 Å². The lowest BCUT2D eigenvalue weighted by atomic mass is 9.89. The molecule has 2 fully saturated rings. The molecule has 5 heteroatoms. The maximum atomic E-state index is 6.06.